The van der Waals surface area contributed by atoms with E-state index in [2.05, 4.69) is 5.32 Å². The molecule has 0 spiro atoms. The number of rotatable bonds is 9. The summed E-state index contributed by atoms with van der Waals surface area (Å²) in [5, 5.41) is 3.35. The molecule has 1 aromatic rings. The van der Waals surface area contributed by atoms with Gasteiger partial charge in [-0.3, -0.25) is 14.5 Å². The Morgan fingerprint density at radius 2 is 1.88 bits per heavy atom. The Kier molecular flexibility index (Phi) is 7.95. The second-order valence-corrected chi connectivity index (χ2v) is 8.40. The van der Waals surface area contributed by atoms with Gasteiger partial charge in [-0.15, -0.1) is 0 Å². The average molecular weight is 396 g/mol. The van der Waals surface area contributed by atoms with Crippen LogP contribution in [0.25, 0.3) is 0 Å². The second-order valence-electron chi connectivity index (χ2n) is 5.28. The average Bonchev–Trinajstić information content (AvgIpc) is 2.47. The number of halogens is 2. The van der Waals surface area contributed by atoms with Gasteiger partial charge in [-0.1, -0.05) is 23.2 Å². The zero-order chi connectivity index (χ0) is 18.3. The van der Waals surface area contributed by atoms with Gasteiger partial charge in [0.05, 0.1) is 28.1 Å². The van der Waals surface area contributed by atoms with E-state index in [4.69, 9.17) is 28.9 Å². The summed E-state index contributed by atoms with van der Waals surface area (Å²) in [6.45, 7) is 0.168. The first-order chi connectivity index (χ1) is 11.1. The molecule has 0 radical (unpaired) electrons. The van der Waals surface area contributed by atoms with Gasteiger partial charge in [0.15, 0.2) is 9.84 Å². The normalized spacial score (nSPS) is 11.5. The van der Waals surface area contributed by atoms with Crippen molar-refractivity contribution in [2.24, 2.45) is 5.73 Å². The SMILES string of the molecule is CN(CCS(=O)(=O)CCC(N)=O)CC(=O)Nc1ccc(Cl)c(Cl)c1. The van der Waals surface area contributed by atoms with Crippen molar-refractivity contribution >= 4 is 50.5 Å². The Bertz CT molecular complexity index is 710. The Labute approximate surface area is 151 Å². The molecular weight excluding hydrogens is 377 g/mol. The first kappa shape index (κ1) is 20.7. The number of nitrogens with zero attached hydrogens (tertiary/aromatic N) is 1. The quantitative estimate of drug-likeness (QED) is 0.651. The lowest BCUT2D eigenvalue weighted by Crippen LogP contribution is -2.34. The smallest absolute Gasteiger partial charge is 0.238 e. The van der Waals surface area contributed by atoms with E-state index in [0.717, 1.165) is 0 Å². The van der Waals surface area contributed by atoms with Gasteiger partial charge in [-0.25, -0.2) is 8.42 Å². The van der Waals surface area contributed by atoms with Crippen molar-refractivity contribution in [3.8, 4) is 0 Å². The van der Waals surface area contributed by atoms with Crippen LogP contribution in [0.3, 0.4) is 0 Å². The molecule has 1 rings (SSSR count). The van der Waals surface area contributed by atoms with Crippen molar-refractivity contribution in [1.82, 2.24) is 4.90 Å². The number of amides is 2. The lowest BCUT2D eigenvalue weighted by atomic mass is 10.3. The van der Waals surface area contributed by atoms with E-state index in [-0.39, 0.29) is 36.9 Å². The van der Waals surface area contributed by atoms with Crippen LogP contribution >= 0.6 is 23.2 Å². The van der Waals surface area contributed by atoms with Crippen LogP contribution in [0.4, 0.5) is 5.69 Å². The maximum atomic E-state index is 11.9. The highest BCUT2D eigenvalue weighted by molar-refractivity contribution is 7.91. The molecule has 0 bridgehead atoms. The predicted molar refractivity (Wildman–Crippen MR) is 95.1 cm³/mol. The molecule has 1 aromatic carbocycles. The maximum Gasteiger partial charge on any atom is 0.238 e. The van der Waals surface area contributed by atoms with Gasteiger partial charge in [0, 0.05) is 18.7 Å². The van der Waals surface area contributed by atoms with Crippen molar-refractivity contribution < 1.29 is 18.0 Å². The number of carbonyl (C=O) groups excluding carboxylic acids is 2. The zero-order valence-corrected chi connectivity index (χ0v) is 15.4. The van der Waals surface area contributed by atoms with Gasteiger partial charge in [0.25, 0.3) is 0 Å². The summed E-state index contributed by atoms with van der Waals surface area (Å²) in [5.41, 5.74) is 5.43. The molecule has 0 aliphatic carbocycles. The molecule has 0 heterocycles. The number of nitrogens with two attached hydrogens (primary N) is 1. The molecule has 0 aromatic heterocycles. The summed E-state index contributed by atoms with van der Waals surface area (Å²) >= 11 is 11.7. The predicted octanol–water partition coefficient (Wildman–Crippen LogP) is 1.15. The Morgan fingerprint density at radius 1 is 1.21 bits per heavy atom. The summed E-state index contributed by atoms with van der Waals surface area (Å²) in [6, 6.07) is 4.70. The molecule has 0 aliphatic heterocycles. The van der Waals surface area contributed by atoms with E-state index in [1.54, 1.807) is 24.1 Å². The summed E-state index contributed by atoms with van der Waals surface area (Å²) in [7, 11) is -1.76. The highest BCUT2D eigenvalue weighted by atomic mass is 35.5. The fourth-order valence-electron chi connectivity index (χ4n) is 1.75. The van der Waals surface area contributed by atoms with Crippen molar-refractivity contribution in [2.75, 3.05) is 37.0 Å². The van der Waals surface area contributed by atoms with Crippen LogP contribution in [-0.4, -0.2) is 56.8 Å². The first-order valence-electron chi connectivity index (χ1n) is 7.01. The highest BCUT2D eigenvalue weighted by Crippen LogP contribution is 2.24. The van der Waals surface area contributed by atoms with Gasteiger partial charge in [-0.05, 0) is 25.2 Å². The van der Waals surface area contributed by atoms with Gasteiger partial charge in [-0.2, -0.15) is 0 Å². The van der Waals surface area contributed by atoms with Gasteiger partial charge < -0.3 is 11.1 Å². The topological polar surface area (TPSA) is 110 Å². The van der Waals surface area contributed by atoms with E-state index >= 15 is 0 Å². The lowest BCUT2D eigenvalue weighted by Gasteiger charge is -2.16. The second kappa shape index (κ2) is 9.22. The summed E-state index contributed by atoms with van der Waals surface area (Å²) in [4.78, 5) is 24.1. The maximum absolute atomic E-state index is 11.9. The molecule has 0 saturated carbocycles. The third kappa shape index (κ3) is 7.96. The number of hydrogen-bond acceptors (Lipinski definition) is 5. The fourth-order valence-corrected chi connectivity index (χ4v) is 3.36. The van der Waals surface area contributed by atoms with Crippen LogP contribution < -0.4 is 11.1 Å². The first-order valence-corrected chi connectivity index (χ1v) is 9.59. The zero-order valence-electron chi connectivity index (χ0n) is 13.1. The molecule has 2 amide bonds. The minimum absolute atomic E-state index is 0.00554. The Morgan fingerprint density at radius 3 is 2.46 bits per heavy atom. The molecule has 10 heteroatoms. The number of sulfone groups is 1. The molecule has 0 aliphatic rings. The standard InChI is InChI=1S/C14H19Cl2N3O4S/c1-19(5-7-24(22,23)6-4-13(17)20)9-14(21)18-10-2-3-11(15)12(16)8-10/h2-3,8H,4-7,9H2,1H3,(H2,17,20)(H,18,21). The summed E-state index contributed by atoms with van der Waals surface area (Å²) < 4.78 is 23.4. The van der Waals surface area contributed by atoms with Crippen LogP contribution in [0, 0.1) is 0 Å². The number of benzene rings is 1. The number of anilines is 1. The van der Waals surface area contributed by atoms with Gasteiger partial charge in [0.2, 0.25) is 11.8 Å². The minimum Gasteiger partial charge on any atom is -0.370 e. The molecule has 3 N–H and O–H groups in total. The van der Waals surface area contributed by atoms with Gasteiger partial charge in [0.1, 0.15) is 0 Å². The van der Waals surface area contributed by atoms with E-state index in [1.807, 2.05) is 0 Å². The molecule has 0 fully saturated rings. The van der Waals surface area contributed by atoms with E-state index < -0.39 is 15.7 Å². The molecule has 0 atom stereocenters. The van der Waals surface area contributed by atoms with Gasteiger partial charge >= 0.3 is 0 Å². The largest absolute Gasteiger partial charge is 0.370 e. The summed E-state index contributed by atoms with van der Waals surface area (Å²) in [5.74, 6) is -1.42. The van der Waals surface area contributed by atoms with Crippen LogP contribution in [-0.2, 0) is 19.4 Å². The number of primary amides is 1. The molecule has 0 saturated heterocycles. The Hall–Kier alpha value is -1.35. The molecule has 24 heavy (non-hydrogen) atoms. The van der Waals surface area contributed by atoms with Crippen molar-refractivity contribution in [3.05, 3.63) is 28.2 Å². The molecule has 134 valence electrons. The number of likely N-dealkylation sites (N-methyl/N-ethyl adjacent to an activating group) is 1. The van der Waals surface area contributed by atoms with Crippen molar-refractivity contribution in [3.63, 3.8) is 0 Å². The summed E-state index contributed by atoms with van der Waals surface area (Å²) in [6.07, 6.45) is -0.205. The van der Waals surface area contributed by atoms with Crippen molar-refractivity contribution in [2.45, 2.75) is 6.42 Å². The molecule has 0 unspecified atom stereocenters. The molecular formula is C14H19Cl2N3O4S. The third-order valence-electron chi connectivity index (χ3n) is 3.06. The van der Waals surface area contributed by atoms with Crippen LogP contribution in [0.15, 0.2) is 18.2 Å². The third-order valence-corrected chi connectivity index (χ3v) is 5.43. The molecule has 7 nitrogen and oxygen atoms in total. The van der Waals surface area contributed by atoms with E-state index in [1.165, 1.54) is 6.07 Å². The van der Waals surface area contributed by atoms with Crippen molar-refractivity contribution in [1.29, 1.82) is 0 Å². The van der Waals surface area contributed by atoms with E-state index in [9.17, 15) is 18.0 Å². The van der Waals surface area contributed by atoms with Crippen LogP contribution in [0.2, 0.25) is 10.0 Å². The van der Waals surface area contributed by atoms with Crippen LogP contribution in [0.1, 0.15) is 6.42 Å². The number of hydrogen-bond donors (Lipinski definition) is 2. The van der Waals surface area contributed by atoms with Crippen LogP contribution in [0.5, 0.6) is 0 Å². The van der Waals surface area contributed by atoms with E-state index in [0.29, 0.717) is 15.7 Å². The minimum atomic E-state index is -3.38. The number of carbonyl (C=O) groups is 2. The Balaban J connectivity index is 2.43. The highest BCUT2D eigenvalue weighted by Gasteiger charge is 2.15. The number of nitrogens with one attached hydrogen (secondary N) is 1. The lowest BCUT2D eigenvalue weighted by molar-refractivity contribution is -0.118. The monoisotopic (exact) mass is 395 g/mol. The fraction of sp³-hybridized carbons (Fsp3) is 0.429.